The zero-order valence-electron chi connectivity index (χ0n) is 23.6. The highest BCUT2D eigenvalue weighted by Crippen LogP contribution is 2.45. The van der Waals surface area contributed by atoms with E-state index in [9.17, 15) is 9.90 Å². The first-order valence-electron chi connectivity index (χ1n) is 13.6. The van der Waals surface area contributed by atoms with E-state index in [1.54, 1.807) is 44.6 Å². The molecule has 0 radical (unpaired) electrons. The van der Waals surface area contributed by atoms with Gasteiger partial charge in [-0.1, -0.05) is 60.7 Å². The van der Waals surface area contributed by atoms with Gasteiger partial charge in [0.2, 0.25) is 11.0 Å². The smallest absolute Gasteiger partial charge is 0.393 e. The van der Waals surface area contributed by atoms with E-state index < -0.39 is 11.7 Å². The van der Waals surface area contributed by atoms with Crippen LogP contribution < -0.4 is 19.9 Å². The number of benzene rings is 4. The average Bonchev–Trinajstić information content (AvgIpc) is 3.63. The van der Waals surface area contributed by atoms with Gasteiger partial charge in [0.05, 0.1) is 25.6 Å². The van der Waals surface area contributed by atoms with Crippen LogP contribution in [0.3, 0.4) is 0 Å². The Morgan fingerprint density at radius 3 is 2.45 bits per heavy atom. The number of carbonyl (C=O) groups excluding carboxylic acids is 1. The molecule has 7 aromatic rings. The molecule has 0 amide bonds. The minimum atomic E-state index is -0.614. The SMILES string of the molecule is COc1ccc(-c2cc(-c3cccc4ccccc34)nc3sc(C(=O)c4c(O)on[n+]4-c4ccccc4)c(N)c23)c(OC)c1. The summed E-state index contributed by atoms with van der Waals surface area (Å²) in [6.45, 7) is 0. The van der Waals surface area contributed by atoms with Crippen LogP contribution in [0.5, 0.6) is 17.4 Å². The predicted octanol–water partition coefficient (Wildman–Crippen LogP) is 6.58. The number of thiophene rings is 1. The van der Waals surface area contributed by atoms with Crippen LogP contribution in [0.1, 0.15) is 15.4 Å². The van der Waals surface area contributed by atoms with Crippen LogP contribution in [0.15, 0.2) is 102 Å². The molecule has 0 saturated heterocycles. The third kappa shape index (κ3) is 4.40. The van der Waals surface area contributed by atoms with Gasteiger partial charge < -0.3 is 20.3 Å². The van der Waals surface area contributed by atoms with Crippen molar-refractivity contribution in [2.75, 3.05) is 20.0 Å². The van der Waals surface area contributed by atoms with Gasteiger partial charge >= 0.3 is 11.6 Å². The molecule has 0 saturated carbocycles. The summed E-state index contributed by atoms with van der Waals surface area (Å²) in [5.41, 5.74) is 10.5. The Hall–Kier alpha value is -5.74. The summed E-state index contributed by atoms with van der Waals surface area (Å²) in [5, 5.41) is 17.2. The number of para-hydroxylation sites is 1. The summed E-state index contributed by atoms with van der Waals surface area (Å²) in [4.78, 5) is 19.9. The number of ketones is 1. The molecule has 3 aromatic heterocycles. The number of fused-ring (bicyclic) bond motifs is 2. The van der Waals surface area contributed by atoms with E-state index in [-0.39, 0.29) is 16.3 Å². The molecule has 0 unspecified atom stereocenters. The summed E-state index contributed by atoms with van der Waals surface area (Å²) >= 11 is 1.14. The zero-order chi connectivity index (χ0) is 30.4. The second-order valence-corrected chi connectivity index (χ2v) is 11.0. The van der Waals surface area contributed by atoms with Crippen LogP contribution in [0.25, 0.3) is 49.1 Å². The molecule has 4 aromatic carbocycles. The Morgan fingerprint density at radius 1 is 0.886 bits per heavy atom. The van der Waals surface area contributed by atoms with Crippen LogP contribution in [0.2, 0.25) is 0 Å². The minimum absolute atomic E-state index is 0.146. The molecule has 44 heavy (non-hydrogen) atoms. The topological polar surface area (TPSA) is 125 Å². The van der Waals surface area contributed by atoms with Crippen molar-refractivity contribution in [1.82, 2.24) is 10.3 Å². The molecule has 0 aliphatic carbocycles. The maximum Gasteiger partial charge on any atom is 0.393 e. The molecule has 0 aliphatic rings. The number of anilines is 1. The second kappa shape index (κ2) is 10.8. The first kappa shape index (κ1) is 27.1. The normalized spacial score (nSPS) is 11.2. The molecule has 3 N–H and O–H groups in total. The first-order chi connectivity index (χ1) is 21.5. The van der Waals surface area contributed by atoms with Crippen molar-refractivity contribution in [3.63, 3.8) is 0 Å². The summed E-state index contributed by atoms with van der Waals surface area (Å²) in [6, 6.07) is 30.6. The van der Waals surface area contributed by atoms with Gasteiger partial charge in [0.15, 0.2) is 0 Å². The average molecular weight is 602 g/mol. The molecule has 216 valence electrons. The molecule has 3 heterocycles. The lowest BCUT2D eigenvalue weighted by atomic mass is 9.96. The Labute approximate surface area is 255 Å². The van der Waals surface area contributed by atoms with E-state index in [0.717, 1.165) is 38.8 Å². The Bertz CT molecular complexity index is 2200. The van der Waals surface area contributed by atoms with Crippen LogP contribution in [-0.2, 0) is 0 Å². The van der Waals surface area contributed by atoms with E-state index in [1.165, 1.54) is 4.68 Å². The molecule has 0 spiro atoms. The minimum Gasteiger partial charge on any atom is -0.497 e. The third-order valence-corrected chi connectivity index (χ3v) is 8.61. The summed E-state index contributed by atoms with van der Waals surface area (Å²) in [5.74, 6) is 0.0372. The quantitative estimate of drug-likeness (QED) is 0.155. The van der Waals surface area contributed by atoms with E-state index >= 15 is 0 Å². The van der Waals surface area contributed by atoms with Crippen molar-refractivity contribution in [2.24, 2.45) is 0 Å². The van der Waals surface area contributed by atoms with Gasteiger partial charge in [-0.25, -0.2) is 4.98 Å². The zero-order valence-corrected chi connectivity index (χ0v) is 24.5. The van der Waals surface area contributed by atoms with Gasteiger partial charge in [-0.2, -0.15) is 0 Å². The lowest BCUT2D eigenvalue weighted by molar-refractivity contribution is -0.672. The number of rotatable bonds is 7. The van der Waals surface area contributed by atoms with Crippen LogP contribution in [-0.4, -0.2) is 35.4 Å². The molecule has 10 heteroatoms. The number of nitrogen functional groups attached to an aromatic ring is 1. The number of carbonyl (C=O) groups is 1. The van der Waals surface area contributed by atoms with Crippen molar-refractivity contribution < 1.29 is 28.6 Å². The molecular formula is C34H25N4O5S+. The Kier molecular flexibility index (Phi) is 6.67. The highest BCUT2D eigenvalue weighted by atomic mass is 32.1. The number of aromatic nitrogens is 3. The van der Waals surface area contributed by atoms with Crippen molar-refractivity contribution in [3.05, 3.63) is 108 Å². The molecule has 9 nitrogen and oxygen atoms in total. The molecule has 0 atom stereocenters. The Morgan fingerprint density at radius 2 is 1.66 bits per heavy atom. The molecule has 0 bridgehead atoms. The van der Waals surface area contributed by atoms with Crippen LogP contribution >= 0.6 is 11.3 Å². The van der Waals surface area contributed by atoms with Crippen molar-refractivity contribution in [3.8, 4) is 45.5 Å². The third-order valence-electron chi connectivity index (χ3n) is 7.51. The van der Waals surface area contributed by atoms with Gasteiger partial charge in [0.25, 0.3) is 5.78 Å². The maximum absolute atomic E-state index is 14.1. The molecule has 0 aliphatic heterocycles. The van der Waals surface area contributed by atoms with E-state index in [0.29, 0.717) is 33.1 Å². The van der Waals surface area contributed by atoms with Gasteiger partial charge in [0.1, 0.15) is 21.2 Å². The van der Waals surface area contributed by atoms with Gasteiger partial charge in [-0.05, 0) is 34.5 Å². The first-order valence-corrected chi connectivity index (χ1v) is 14.4. The van der Waals surface area contributed by atoms with Gasteiger partial charge in [0, 0.05) is 39.4 Å². The lowest BCUT2D eigenvalue weighted by Crippen LogP contribution is -2.38. The summed E-state index contributed by atoms with van der Waals surface area (Å²) in [6.07, 6.45) is 0. The predicted molar refractivity (Wildman–Crippen MR) is 169 cm³/mol. The number of methoxy groups -OCH3 is 2. The van der Waals surface area contributed by atoms with Crippen molar-refractivity contribution in [2.45, 2.75) is 0 Å². The van der Waals surface area contributed by atoms with Crippen molar-refractivity contribution >= 4 is 43.8 Å². The van der Waals surface area contributed by atoms with E-state index in [2.05, 4.69) is 23.5 Å². The van der Waals surface area contributed by atoms with Crippen LogP contribution in [0, 0.1) is 0 Å². The fourth-order valence-corrected chi connectivity index (χ4v) is 6.47. The number of hydrogen-bond acceptors (Lipinski definition) is 9. The van der Waals surface area contributed by atoms with Gasteiger partial charge in [-0.3, -0.25) is 9.32 Å². The lowest BCUT2D eigenvalue weighted by Gasteiger charge is -2.14. The highest BCUT2D eigenvalue weighted by Gasteiger charge is 2.37. The fraction of sp³-hybridized carbons (Fsp3) is 0.0588. The largest absolute Gasteiger partial charge is 0.497 e. The number of pyridine rings is 1. The van der Waals surface area contributed by atoms with Crippen LogP contribution in [0.4, 0.5) is 5.69 Å². The Balaban J connectivity index is 1.49. The number of hydrogen-bond donors (Lipinski definition) is 2. The second-order valence-electron chi connectivity index (χ2n) is 9.98. The summed E-state index contributed by atoms with van der Waals surface area (Å²) < 4.78 is 17.5. The van der Waals surface area contributed by atoms with Gasteiger partial charge in [-0.15, -0.1) is 11.3 Å². The standard InChI is InChI=1S/C34H24N4O5S/c1-41-21-15-16-24(27(17-21)42-2)25-18-26(23-14-8-10-19-9-6-7-13-22(19)23)36-33-28(25)29(35)32(44-33)31(39)30-34(40)43-37-38(30)20-11-4-3-5-12-20/h3-18H,1-2H3,(H2-,35,37,39,40)/p+1. The number of nitrogens with two attached hydrogens (primary N) is 1. The molecule has 0 fully saturated rings. The summed E-state index contributed by atoms with van der Waals surface area (Å²) in [7, 11) is 3.18. The number of ether oxygens (including phenoxy) is 2. The molecular weight excluding hydrogens is 576 g/mol. The molecule has 7 rings (SSSR count). The van der Waals surface area contributed by atoms with E-state index in [1.807, 2.05) is 48.5 Å². The number of aromatic hydroxyl groups is 1. The fourth-order valence-electron chi connectivity index (χ4n) is 5.41. The maximum atomic E-state index is 14.1. The van der Waals surface area contributed by atoms with E-state index in [4.69, 9.17) is 24.7 Å². The monoisotopic (exact) mass is 601 g/mol. The number of nitrogens with zero attached hydrogens (tertiary/aromatic N) is 3. The highest BCUT2D eigenvalue weighted by molar-refractivity contribution is 7.21. The van der Waals surface area contributed by atoms with Crippen molar-refractivity contribution in [1.29, 1.82) is 0 Å².